The van der Waals surface area contributed by atoms with Crippen LogP contribution < -0.4 is 5.32 Å². The van der Waals surface area contributed by atoms with Crippen molar-refractivity contribution in [1.82, 2.24) is 14.5 Å². The number of aromatic nitrogens is 2. The number of fused-ring (bicyclic) bond motifs is 6. The Hall–Kier alpha value is -2.96. The molecule has 3 aliphatic rings. The Morgan fingerprint density at radius 3 is 2.50 bits per heavy atom. The maximum Gasteiger partial charge on any atom is 0.246 e. The van der Waals surface area contributed by atoms with Crippen LogP contribution in [0.1, 0.15) is 19.8 Å². The third-order valence-corrected chi connectivity index (χ3v) is 6.22. The summed E-state index contributed by atoms with van der Waals surface area (Å²) in [6, 6.07) is 7.70. The van der Waals surface area contributed by atoms with Crippen LogP contribution in [0, 0.1) is 23.7 Å². The minimum absolute atomic E-state index is 0.147. The lowest BCUT2D eigenvalue weighted by molar-refractivity contribution is -0.143. The highest BCUT2D eigenvalue weighted by molar-refractivity contribution is 6.09. The molecule has 2 aromatic rings. The van der Waals surface area contributed by atoms with Gasteiger partial charge in [0.25, 0.3) is 0 Å². The van der Waals surface area contributed by atoms with E-state index in [2.05, 4.69) is 17.2 Å². The van der Waals surface area contributed by atoms with Crippen molar-refractivity contribution in [2.45, 2.75) is 26.3 Å². The Kier molecular flexibility index (Phi) is 3.86. The number of nitrogens with zero attached hydrogens (tertiary/aromatic N) is 3. The van der Waals surface area contributed by atoms with E-state index in [4.69, 9.17) is 0 Å². The summed E-state index contributed by atoms with van der Waals surface area (Å²) >= 11 is 0. The maximum atomic E-state index is 12.8. The first kappa shape index (κ1) is 17.2. The molecule has 1 aliphatic heterocycles. The normalized spacial score (nSPS) is 27.8. The Bertz CT molecular complexity index is 994. The van der Waals surface area contributed by atoms with E-state index < -0.39 is 5.91 Å². The van der Waals surface area contributed by atoms with Crippen LogP contribution >= 0.6 is 0 Å². The zero-order chi connectivity index (χ0) is 19.4. The van der Waals surface area contributed by atoms with Gasteiger partial charge in [0, 0.05) is 6.54 Å². The number of allylic oxidation sites excluding steroid dienone is 2. The van der Waals surface area contributed by atoms with Gasteiger partial charge in [-0.15, -0.1) is 0 Å². The molecule has 1 saturated carbocycles. The fourth-order valence-electron chi connectivity index (χ4n) is 5.05. The van der Waals surface area contributed by atoms with Gasteiger partial charge in [-0.3, -0.25) is 24.6 Å². The lowest BCUT2D eigenvalue weighted by atomic mass is 9.85. The number of carbonyl (C=O) groups excluding carboxylic acids is 3. The number of anilines is 1. The van der Waals surface area contributed by atoms with Crippen LogP contribution in [0.25, 0.3) is 11.0 Å². The van der Waals surface area contributed by atoms with Gasteiger partial charge in [0.2, 0.25) is 23.7 Å². The number of hydrogen-bond acceptors (Lipinski definition) is 4. The Balaban J connectivity index is 1.35. The van der Waals surface area contributed by atoms with Crippen LogP contribution in [0.2, 0.25) is 0 Å². The van der Waals surface area contributed by atoms with Crippen molar-refractivity contribution >= 4 is 34.7 Å². The Morgan fingerprint density at radius 2 is 1.82 bits per heavy atom. The minimum Gasteiger partial charge on any atom is -0.310 e. The average molecular weight is 378 g/mol. The van der Waals surface area contributed by atoms with E-state index in [-0.39, 0.29) is 42.0 Å². The Morgan fingerprint density at radius 1 is 1.14 bits per heavy atom. The number of rotatable bonds is 5. The first-order valence-corrected chi connectivity index (χ1v) is 9.87. The minimum atomic E-state index is -0.394. The van der Waals surface area contributed by atoms with Crippen molar-refractivity contribution in [2.24, 2.45) is 23.7 Å². The van der Waals surface area contributed by atoms with E-state index in [0.717, 1.165) is 35.3 Å². The molecule has 0 spiro atoms. The summed E-state index contributed by atoms with van der Waals surface area (Å²) in [5, 5.41) is 2.81. The van der Waals surface area contributed by atoms with E-state index in [1.54, 1.807) is 0 Å². The lowest BCUT2D eigenvalue weighted by Gasteiger charge is -2.17. The largest absolute Gasteiger partial charge is 0.310 e. The van der Waals surface area contributed by atoms with Crippen LogP contribution in [-0.4, -0.2) is 38.7 Å². The molecular formula is C21H22N4O3. The van der Waals surface area contributed by atoms with Gasteiger partial charge in [0.05, 0.1) is 22.9 Å². The molecule has 0 radical (unpaired) electrons. The number of carbonyl (C=O) groups is 3. The number of imidazole rings is 1. The third kappa shape index (κ3) is 2.42. The summed E-state index contributed by atoms with van der Waals surface area (Å²) in [4.78, 5) is 43.8. The summed E-state index contributed by atoms with van der Waals surface area (Å²) < 4.78 is 1.96. The van der Waals surface area contributed by atoms with Crippen LogP contribution in [0.3, 0.4) is 0 Å². The van der Waals surface area contributed by atoms with Crippen molar-refractivity contribution in [3.63, 3.8) is 0 Å². The first-order chi connectivity index (χ1) is 13.6. The topological polar surface area (TPSA) is 84.3 Å². The highest BCUT2D eigenvalue weighted by atomic mass is 16.2. The van der Waals surface area contributed by atoms with Crippen molar-refractivity contribution in [1.29, 1.82) is 0 Å². The second-order valence-electron chi connectivity index (χ2n) is 7.89. The third-order valence-electron chi connectivity index (χ3n) is 6.22. The number of para-hydroxylation sites is 2. The first-order valence-electron chi connectivity index (χ1n) is 9.87. The van der Waals surface area contributed by atoms with Gasteiger partial charge in [0.1, 0.15) is 6.54 Å². The Labute approximate surface area is 162 Å². The van der Waals surface area contributed by atoms with Gasteiger partial charge in [-0.2, -0.15) is 0 Å². The number of nitrogens with one attached hydrogen (secondary N) is 1. The van der Waals surface area contributed by atoms with Gasteiger partial charge in [-0.1, -0.05) is 31.2 Å². The molecule has 2 aliphatic carbocycles. The summed E-state index contributed by atoms with van der Waals surface area (Å²) in [6.45, 7) is 2.53. The fourth-order valence-corrected chi connectivity index (χ4v) is 5.05. The summed E-state index contributed by atoms with van der Waals surface area (Å²) in [5.41, 5.74) is 1.75. The molecule has 1 aromatic heterocycles. The molecule has 7 nitrogen and oxygen atoms in total. The van der Waals surface area contributed by atoms with Crippen molar-refractivity contribution in [2.75, 3.05) is 11.9 Å². The number of aryl methyl sites for hydroxylation is 1. The molecule has 0 unspecified atom stereocenters. The molecule has 7 heteroatoms. The molecule has 28 heavy (non-hydrogen) atoms. The number of benzene rings is 1. The van der Waals surface area contributed by atoms with Crippen molar-refractivity contribution in [3.8, 4) is 0 Å². The van der Waals surface area contributed by atoms with Crippen molar-refractivity contribution in [3.05, 3.63) is 36.4 Å². The molecule has 144 valence electrons. The molecule has 1 saturated heterocycles. The second-order valence-corrected chi connectivity index (χ2v) is 7.89. The molecule has 3 amide bonds. The van der Waals surface area contributed by atoms with E-state index in [0.29, 0.717) is 5.95 Å². The molecule has 2 bridgehead atoms. The monoisotopic (exact) mass is 378 g/mol. The molecule has 4 atom stereocenters. The average Bonchev–Trinajstić information content (AvgIpc) is 3.42. The molecule has 1 N–H and O–H groups in total. The standard InChI is InChI=1S/C21H22N4O3/c1-2-9-24-15-6-4-3-5-14(15)22-21(24)23-16(26)11-25-19(27)17-12-7-8-13(10-12)18(17)20(25)28/h3-8,12-13,17-18H,2,9-11H2,1H3,(H,22,23,26)/t12-,13+,17-,18+. The van der Waals surface area contributed by atoms with Crippen LogP contribution in [0.4, 0.5) is 5.95 Å². The second kappa shape index (κ2) is 6.29. The van der Waals surface area contributed by atoms with Crippen molar-refractivity contribution < 1.29 is 14.4 Å². The predicted molar refractivity (Wildman–Crippen MR) is 103 cm³/mol. The van der Waals surface area contributed by atoms with Gasteiger partial charge in [0.15, 0.2) is 0 Å². The van der Waals surface area contributed by atoms with Gasteiger partial charge >= 0.3 is 0 Å². The van der Waals surface area contributed by atoms with Gasteiger partial charge in [-0.05, 0) is 36.8 Å². The lowest BCUT2D eigenvalue weighted by Crippen LogP contribution is -2.39. The zero-order valence-electron chi connectivity index (χ0n) is 15.7. The SMILES string of the molecule is CCCn1c(NC(=O)CN2C(=O)[C@@H]3[C@H](C2=O)[C@@H]2C=C[C@H]3C2)nc2ccccc21. The number of imide groups is 1. The summed E-state index contributed by atoms with van der Waals surface area (Å²) in [7, 11) is 0. The van der Waals surface area contributed by atoms with Crippen LogP contribution in [-0.2, 0) is 20.9 Å². The molecular weight excluding hydrogens is 356 g/mol. The predicted octanol–water partition coefficient (Wildman–Crippen LogP) is 2.19. The number of amides is 3. The van der Waals surface area contributed by atoms with Crippen LogP contribution in [0.15, 0.2) is 36.4 Å². The zero-order valence-corrected chi connectivity index (χ0v) is 15.7. The quantitative estimate of drug-likeness (QED) is 0.639. The fraction of sp³-hybridized carbons (Fsp3) is 0.429. The summed E-state index contributed by atoms with van der Waals surface area (Å²) in [5.74, 6) is -0.613. The number of hydrogen-bond donors (Lipinski definition) is 1. The molecule has 2 heterocycles. The molecule has 2 fully saturated rings. The highest BCUT2D eigenvalue weighted by Crippen LogP contribution is 2.52. The number of likely N-dealkylation sites (tertiary alicyclic amines) is 1. The van der Waals surface area contributed by atoms with E-state index >= 15 is 0 Å². The van der Waals surface area contributed by atoms with Gasteiger partial charge in [-0.25, -0.2) is 4.98 Å². The maximum absolute atomic E-state index is 12.8. The summed E-state index contributed by atoms with van der Waals surface area (Å²) in [6.07, 6.45) is 5.88. The smallest absolute Gasteiger partial charge is 0.246 e. The van der Waals surface area contributed by atoms with Gasteiger partial charge < -0.3 is 4.57 Å². The van der Waals surface area contributed by atoms with E-state index in [1.165, 1.54) is 0 Å². The highest BCUT2D eigenvalue weighted by Gasteiger charge is 2.59. The molecule has 5 rings (SSSR count). The van der Waals surface area contributed by atoms with E-state index in [1.807, 2.05) is 41.0 Å². The van der Waals surface area contributed by atoms with Crippen LogP contribution in [0.5, 0.6) is 0 Å². The van der Waals surface area contributed by atoms with E-state index in [9.17, 15) is 14.4 Å². The molecule has 1 aromatic carbocycles.